The van der Waals surface area contributed by atoms with Crippen LogP contribution < -0.4 is 11.1 Å². The van der Waals surface area contributed by atoms with E-state index in [0.717, 1.165) is 43.6 Å². The van der Waals surface area contributed by atoms with Crippen LogP contribution in [0.1, 0.15) is 36.2 Å². The van der Waals surface area contributed by atoms with E-state index in [0.29, 0.717) is 13.1 Å². The number of carbonyl (C=O) groups is 1. The molecule has 20 heavy (non-hydrogen) atoms. The van der Waals surface area contributed by atoms with Gasteiger partial charge in [0.05, 0.1) is 0 Å². The van der Waals surface area contributed by atoms with E-state index in [1.54, 1.807) is 0 Å². The molecule has 0 heterocycles. The Morgan fingerprint density at radius 1 is 1.25 bits per heavy atom. The van der Waals surface area contributed by atoms with E-state index in [4.69, 9.17) is 5.73 Å². The predicted molar refractivity (Wildman–Crippen MR) is 83.9 cm³/mol. The summed E-state index contributed by atoms with van der Waals surface area (Å²) in [4.78, 5) is 14.5. The molecule has 0 bridgehead atoms. The number of nitrogens with zero attached hydrogens (tertiary/aromatic N) is 1. The summed E-state index contributed by atoms with van der Waals surface area (Å²) >= 11 is 0. The lowest BCUT2D eigenvalue weighted by Crippen LogP contribution is -2.30. The Kier molecular flexibility index (Phi) is 7.92. The first-order valence-electron chi connectivity index (χ1n) is 7.51. The van der Waals surface area contributed by atoms with Crippen LogP contribution in [-0.4, -0.2) is 43.5 Å². The fourth-order valence-electron chi connectivity index (χ4n) is 2.25. The van der Waals surface area contributed by atoms with Crippen molar-refractivity contribution in [3.05, 3.63) is 35.4 Å². The highest BCUT2D eigenvalue weighted by atomic mass is 16.1. The summed E-state index contributed by atoms with van der Waals surface area (Å²) in [5.74, 6) is 0.00796. The minimum atomic E-state index is 0.00796. The fraction of sp³-hybridized carbons (Fsp3) is 0.562. The van der Waals surface area contributed by atoms with Gasteiger partial charge in [-0.2, -0.15) is 0 Å². The maximum absolute atomic E-state index is 12.2. The fourth-order valence-corrected chi connectivity index (χ4v) is 2.25. The molecule has 3 N–H and O–H groups in total. The van der Waals surface area contributed by atoms with Crippen molar-refractivity contribution in [2.75, 3.05) is 32.7 Å². The Morgan fingerprint density at radius 3 is 2.60 bits per heavy atom. The highest BCUT2D eigenvalue weighted by Gasteiger charge is 2.09. The summed E-state index contributed by atoms with van der Waals surface area (Å²) in [6, 6.07) is 7.68. The van der Waals surface area contributed by atoms with Crippen molar-refractivity contribution >= 4 is 5.91 Å². The third kappa shape index (κ3) is 5.31. The molecular formula is C16H27N3O. The highest BCUT2D eigenvalue weighted by Crippen LogP contribution is 2.09. The molecule has 0 aliphatic rings. The van der Waals surface area contributed by atoms with Crippen LogP contribution in [0.15, 0.2) is 24.3 Å². The molecule has 4 heteroatoms. The molecule has 112 valence electrons. The van der Waals surface area contributed by atoms with Gasteiger partial charge in [-0.05, 0) is 50.7 Å². The summed E-state index contributed by atoms with van der Waals surface area (Å²) in [7, 11) is 0. The molecule has 0 radical (unpaired) electrons. The van der Waals surface area contributed by atoms with Crippen LogP contribution in [0.25, 0.3) is 0 Å². The van der Waals surface area contributed by atoms with E-state index >= 15 is 0 Å². The average molecular weight is 277 g/mol. The van der Waals surface area contributed by atoms with Gasteiger partial charge >= 0.3 is 0 Å². The van der Waals surface area contributed by atoms with E-state index in [9.17, 15) is 4.79 Å². The Bertz CT molecular complexity index is 402. The second-order valence-electron chi connectivity index (χ2n) is 4.83. The Morgan fingerprint density at radius 2 is 1.95 bits per heavy atom. The maximum Gasteiger partial charge on any atom is 0.251 e. The Hall–Kier alpha value is -1.39. The van der Waals surface area contributed by atoms with Crippen LogP contribution in [0.3, 0.4) is 0 Å². The van der Waals surface area contributed by atoms with E-state index < -0.39 is 0 Å². The third-order valence-corrected chi connectivity index (χ3v) is 3.51. The van der Waals surface area contributed by atoms with Crippen molar-refractivity contribution in [3.8, 4) is 0 Å². The van der Waals surface area contributed by atoms with Crippen LogP contribution in [-0.2, 0) is 6.42 Å². The zero-order valence-electron chi connectivity index (χ0n) is 12.7. The smallest absolute Gasteiger partial charge is 0.251 e. The molecular weight excluding hydrogens is 250 g/mol. The first-order chi connectivity index (χ1) is 9.72. The highest BCUT2D eigenvalue weighted by molar-refractivity contribution is 5.95. The van der Waals surface area contributed by atoms with Crippen molar-refractivity contribution in [2.45, 2.75) is 26.7 Å². The first-order valence-corrected chi connectivity index (χ1v) is 7.51. The SMILES string of the molecule is CCN(CC)CCCNC(=O)c1ccccc1CCN. The van der Waals surface area contributed by atoms with Crippen LogP contribution in [0.2, 0.25) is 0 Å². The van der Waals surface area contributed by atoms with Crippen molar-refractivity contribution in [1.82, 2.24) is 10.2 Å². The number of nitrogens with two attached hydrogens (primary N) is 1. The first kappa shape index (κ1) is 16.7. The van der Waals surface area contributed by atoms with Gasteiger partial charge in [0.15, 0.2) is 0 Å². The predicted octanol–water partition coefficient (Wildman–Crippen LogP) is 1.65. The number of benzene rings is 1. The van der Waals surface area contributed by atoms with Gasteiger partial charge in [0.1, 0.15) is 0 Å². The zero-order chi connectivity index (χ0) is 14.8. The second kappa shape index (κ2) is 9.50. The van der Waals surface area contributed by atoms with Gasteiger partial charge in [-0.15, -0.1) is 0 Å². The topological polar surface area (TPSA) is 58.4 Å². The molecule has 0 spiro atoms. The van der Waals surface area contributed by atoms with Gasteiger partial charge in [-0.1, -0.05) is 32.0 Å². The summed E-state index contributed by atoms with van der Waals surface area (Å²) in [6.07, 6.45) is 1.72. The van der Waals surface area contributed by atoms with Gasteiger partial charge in [-0.3, -0.25) is 4.79 Å². The Balaban J connectivity index is 2.43. The van der Waals surface area contributed by atoms with Crippen molar-refractivity contribution < 1.29 is 4.79 Å². The van der Waals surface area contributed by atoms with Crippen LogP contribution in [0.4, 0.5) is 0 Å². The van der Waals surface area contributed by atoms with Gasteiger partial charge in [0.2, 0.25) is 0 Å². The number of hydrogen-bond acceptors (Lipinski definition) is 3. The molecule has 0 fully saturated rings. The molecule has 1 aromatic rings. The average Bonchev–Trinajstić information content (AvgIpc) is 2.48. The molecule has 0 aliphatic heterocycles. The molecule has 0 unspecified atom stereocenters. The summed E-state index contributed by atoms with van der Waals surface area (Å²) in [5.41, 5.74) is 7.35. The summed E-state index contributed by atoms with van der Waals surface area (Å²) in [5, 5.41) is 2.99. The van der Waals surface area contributed by atoms with Crippen LogP contribution in [0.5, 0.6) is 0 Å². The van der Waals surface area contributed by atoms with E-state index in [2.05, 4.69) is 24.1 Å². The van der Waals surface area contributed by atoms with E-state index in [1.807, 2.05) is 24.3 Å². The van der Waals surface area contributed by atoms with Gasteiger partial charge in [0.25, 0.3) is 5.91 Å². The lowest BCUT2D eigenvalue weighted by Gasteiger charge is -2.17. The zero-order valence-corrected chi connectivity index (χ0v) is 12.7. The van der Waals surface area contributed by atoms with Gasteiger partial charge < -0.3 is 16.0 Å². The molecule has 0 atom stereocenters. The summed E-state index contributed by atoms with van der Waals surface area (Å²) < 4.78 is 0. The van der Waals surface area contributed by atoms with Gasteiger partial charge in [-0.25, -0.2) is 0 Å². The van der Waals surface area contributed by atoms with E-state index in [1.165, 1.54) is 0 Å². The number of amides is 1. The van der Waals surface area contributed by atoms with Gasteiger partial charge in [0, 0.05) is 12.1 Å². The normalized spacial score (nSPS) is 10.8. The molecule has 0 aliphatic carbocycles. The molecule has 0 aromatic heterocycles. The molecule has 1 amide bonds. The van der Waals surface area contributed by atoms with Crippen molar-refractivity contribution in [3.63, 3.8) is 0 Å². The number of rotatable bonds is 9. The number of nitrogens with one attached hydrogen (secondary N) is 1. The Labute approximate surface area is 122 Å². The molecule has 0 saturated carbocycles. The van der Waals surface area contributed by atoms with E-state index in [-0.39, 0.29) is 5.91 Å². The largest absolute Gasteiger partial charge is 0.352 e. The molecule has 1 aromatic carbocycles. The maximum atomic E-state index is 12.2. The lowest BCUT2D eigenvalue weighted by atomic mass is 10.0. The van der Waals surface area contributed by atoms with Crippen molar-refractivity contribution in [1.29, 1.82) is 0 Å². The summed E-state index contributed by atoms with van der Waals surface area (Å²) in [6.45, 7) is 8.74. The quantitative estimate of drug-likeness (QED) is 0.675. The molecule has 1 rings (SSSR count). The van der Waals surface area contributed by atoms with Crippen LogP contribution in [0, 0.1) is 0 Å². The lowest BCUT2D eigenvalue weighted by molar-refractivity contribution is 0.0951. The minimum absolute atomic E-state index is 0.00796. The molecule has 0 saturated heterocycles. The third-order valence-electron chi connectivity index (χ3n) is 3.51. The minimum Gasteiger partial charge on any atom is -0.352 e. The molecule has 4 nitrogen and oxygen atoms in total. The number of carbonyl (C=O) groups excluding carboxylic acids is 1. The van der Waals surface area contributed by atoms with Crippen molar-refractivity contribution in [2.24, 2.45) is 5.73 Å². The monoisotopic (exact) mass is 277 g/mol. The second-order valence-corrected chi connectivity index (χ2v) is 4.83. The standard InChI is InChI=1S/C16H27N3O/c1-3-19(4-2)13-7-12-18-16(20)15-9-6-5-8-14(15)10-11-17/h5-6,8-9H,3-4,7,10-13,17H2,1-2H3,(H,18,20). The van der Waals surface area contributed by atoms with Crippen LogP contribution >= 0.6 is 0 Å². The number of hydrogen-bond donors (Lipinski definition) is 2.